The summed E-state index contributed by atoms with van der Waals surface area (Å²) >= 11 is 1.68. The maximum Gasteiger partial charge on any atom is 0.249 e. The Bertz CT molecular complexity index is 577. The number of hydrogen-bond donors (Lipinski definition) is 1. The van der Waals surface area contributed by atoms with Crippen molar-refractivity contribution in [2.24, 2.45) is 0 Å². The molecule has 5 heteroatoms. The first-order valence-electron chi connectivity index (χ1n) is 6.70. The maximum atomic E-state index is 11.9. The van der Waals surface area contributed by atoms with Crippen LogP contribution in [0, 0.1) is 0 Å². The van der Waals surface area contributed by atoms with Crippen molar-refractivity contribution in [1.82, 2.24) is 10.3 Å². The Balaban J connectivity index is 1.63. The third-order valence-electron chi connectivity index (χ3n) is 3.29. The van der Waals surface area contributed by atoms with Crippen molar-refractivity contribution in [3.8, 4) is 10.4 Å². The fourth-order valence-electron chi connectivity index (χ4n) is 2.25. The molecule has 1 aliphatic rings. The number of ether oxygens (including phenoxy) is 1. The summed E-state index contributed by atoms with van der Waals surface area (Å²) in [5.41, 5.74) is 2.09. The molecule has 1 aliphatic heterocycles. The Hall–Kier alpha value is -1.72. The fraction of sp³-hybridized carbons (Fsp3) is 0.333. The van der Waals surface area contributed by atoms with Gasteiger partial charge in [-0.25, -0.2) is 0 Å². The van der Waals surface area contributed by atoms with Gasteiger partial charge in [-0.15, -0.1) is 11.3 Å². The van der Waals surface area contributed by atoms with E-state index in [1.54, 1.807) is 17.5 Å². The third-order valence-corrected chi connectivity index (χ3v) is 4.21. The third kappa shape index (κ3) is 3.05. The molecule has 3 heterocycles. The van der Waals surface area contributed by atoms with Crippen LogP contribution in [0.5, 0.6) is 0 Å². The molecule has 0 spiro atoms. The molecule has 104 valence electrons. The second-order valence-electron chi connectivity index (χ2n) is 4.78. The number of nitrogens with one attached hydrogen (secondary N) is 1. The molecule has 20 heavy (non-hydrogen) atoms. The van der Waals surface area contributed by atoms with Crippen molar-refractivity contribution in [1.29, 1.82) is 0 Å². The van der Waals surface area contributed by atoms with Crippen molar-refractivity contribution in [3.05, 3.63) is 41.5 Å². The van der Waals surface area contributed by atoms with Crippen LogP contribution < -0.4 is 5.32 Å². The molecule has 4 nitrogen and oxygen atoms in total. The molecule has 2 aromatic rings. The van der Waals surface area contributed by atoms with E-state index in [-0.39, 0.29) is 12.0 Å². The van der Waals surface area contributed by atoms with Gasteiger partial charge in [0.15, 0.2) is 0 Å². The van der Waals surface area contributed by atoms with Crippen LogP contribution in [0.2, 0.25) is 0 Å². The van der Waals surface area contributed by atoms with Gasteiger partial charge in [-0.2, -0.15) is 0 Å². The maximum absolute atomic E-state index is 11.9. The number of hydrogen-bond acceptors (Lipinski definition) is 4. The normalized spacial score (nSPS) is 18.1. The molecule has 0 aromatic carbocycles. The lowest BCUT2D eigenvalue weighted by atomic mass is 10.1. The van der Waals surface area contributed by atoms with Crippen LogP contribution in [0.1, 0.15) is 18.4 Å². The van der Waals surface area contributed by atoms with Gasteiger partial charge in [-0.05, 0) is 35.9 Å². The zero-order valence-corrected chi connectivity index (χ0v) is 11.9. The number of nitrogens with zero attached hydrogens (tertiary/aromatic N) is 1. The molecule has 1 N–H and O–H groups in total. The van der Waals surface area contributed by atoms with E-state index in [2.05, 4.69) is 22.4 Å². The zero-order chi connectivity index (χ0) is 13.8. The second kappa shape index (κ2) is 6.15. The number of pyridine rings is 1. The first kappa shape index (κ1) is 13.3. The predicted molar refractivity (Wildman–Crippen MR) is 78.4 cm³/mol. The SMILES string of the molecule is O=C(NCc1cncc(-c2cccs2)c1)[C@@H]1CCCO1. The summed E-state index contributed by atoms with van der Waals surface area (Å²) in [5.74, 6) is -0.0240. The molecule has 0 radical (unpaired) electrons. The van der Waals surface area contributed by atoms with Gasteiger partial charge in [-0.1, -0.05) is 6.07 Å². The Kier molecular flexibility index (Phi) is 4.08. The standard InChI is InChI=1S/C15H16N2O2S/c18-15(13-3-1-5-19-13)17-9-11-7-12(10-16-8-11)14-4-2-6-20-14/h2,4,6-8,10,13H,1,3,5,9H2,(H,17,18)/t13-/m0/s1. The minimum absolute atomic E-state index is 0.0240. The van der Waals surface area contributed by atoms with Crippen LogP contribution in [0.25, 0.3) is 10.4 Å². The van der Waals surface area contributed by atoms with Crippen molar-refractivity contribution < 1.29 is 9.53 Å². The largest absolute Gasteiger partial charge is 0.368 e. The molecular formula is C15H16N2O2S. The van der Waals surface area contributed by atoms with Gasteiger partial charge in [0, 0.05) is 36.0 Å². The number of thiophene rings is 1. The summed E-state index contributed by atoms with van der Waals surface area (Å²) in [7, 11) is 0. The molecule has 1 amide bonds. The van der Waals surface area contributed by atoms with E-state index < -0.39 is 0 Å². The molecule has 1 saturated heterocycles. The minimum atomic E-state index is -0.275. The summed E-state index contributed by atoms with van der Waals surface area (Å²) in [5, 5.41) is 4.96. The summed E-state index contributed by atoms with van der Waals surface area (Å²) < 4.78 is 5.36. The summed E-state index contributed by atoms with van der Waals surface area (Å²) in [4.78, 5) is 17.3. The first-order valence-corrected chi connectivity index (χ1v) is 7.58. The molecule has 1 atom stereocenters. The highest BCUT2D eigenvalue weighted by atomic mass is 32.1. The first-order chi connectivity index (χ1) is 9.83. The van der Waals surface area contributed by atoms with Crippen molar-refractivity contribution in [3.63, 3.8) is 0 Å². The number of amides is 1. The van der Waals surface area contributed by atoms with Crippen LogP contribution in [0.15, 0.2) is 36.0 Å². The van der Waals surface area contributed by atoms with E-state index in [4.69, 9.17) is 4.74 Å². The molecule has 0 unspecified atom stereocenters. The average Bonchev–Trinajstić information content (AvgIpc) is 3.17. The Morgan fingerprint density at radius 2 is 2.45 bits per heavy atom. The van der Waals surface area contributed by atoms with E-state index in [1.165, 1.54) is 4.88 Å². The van der Waals surface area contributed by atoms with Crippen molar-refractivity contribution >= 4 is 17.2 Å². The van der Waals surface area contributed by atoms with Gasteiger partial charge < -0.3 is 10.1 Å². The van der Waals surface area contributed by atoms with E-state index in [9.17, 15) is 4.79 Å². The molecule has 2 aromatic heterocycles. The lowest BCUT2D eigenvalue weighted by Gasteiger charge is -2.10. The smallest absolute Gasteiger partial charge is 0.249 e. The lowest BCUT2D eigenvalue weighted by molar-refractivity contribution is -0.130. The van der Waals surface area contributed by atoms with E-state index in [0.717, 1.165) is 24.0 Å². The fourth-order valence-corrected chi connectivity index (χ4v) is 2.96. The van der Waals surface area contributed by atoms with Crippen molar-refractivity contribution in [2.45, 2.75) is 25.5 Å². The van der Waals surface area contributed by atoms with E-state index >= 15 is 0 Å². The highest BCUT2D eigenvalue weighted by Crippen LogP contribution is 2.24. The van der Waals surface area contributed by atoms with Gasteiger partial charge in [0.1, 0.15) is 6.10 Å². The highest BCUT2D eigenvalue weighted by Gasteiger charge is 2.22. The van der Waals surface area contributed by atoms with Crippen molar-refractivity contribution in [2.75, 3.05) is 6.61 Å². The number of rotatable bonds is 4. The molecule has 3 rings (SSSR count). The number of carbonyl (C=O) groups is 1. The summed E-state index contributed by atoms with van der Waals surface area (Å²) in [6.07, 6.45) is 5.14. The molecule has 0 saturated carbocycles. The summed E-state index contributed by atoms with van der Waals surface area (Å²) in [6, 6.07) is 6.15. The number of aromatic nitrogens is 1. The zero-order valence-electron chi connectivity index (χ0n) is 11.0. The number of carbonyl (C=O) groups excluding carboxylic acids is 1. The Morgan fingerprint density at radius 1 is 1.50 bits per heavy atom. The second-order valence-corrected chi connectivity index (χ2v) is 5.73. The average molecular weight is 288 g/mol. The topological polar surface area (TPSA) is 51.2 Å². The van der Waals surface area contributed by atoms with Gasteiger partial charge in [0.25, 0.3) is 0 Å². The van der Waals surface area contributed by atoms with Crippen LogP contribution in [0.4, 0.5) is 0 Å². The molecule has 1 fully saturated rings. The predicted octanol–water partition coefficient (Wildman–Crippen LogP) is 2.61. The van der Waals surface area contributed by atoms with Gasteiger partial charge in [0.05, 0.1) is 0 Å². The summed E-state index contributed by atoms with van der Waals surface area (Å²) in [6.45, 7) is 1.18. The van der Waals surface area contributed by atoms with Crippen LogP contribution in [0.3, 0.4) is 0 Å². The van der Waals surface area contributed by atoms with E-state index in [1.807, 2.05) is 17.6 Å². The lowest BCUT2D eigenvalue weighted by Crippen LogP contribution is -2.33. The minimum Gasteiger partial charge on any atom is -0.368 e. The monoisotopic (exact) mass is 288 g/mol. The van der Waals surface area contributed by atoms with Crippen LogP contribution in [-0.4, -0.2) is 23.6 Å². The van der Waals surface area contributed by atoms with E-state index in [0.29, 0.717) is 13.2 Å². The Morgan fingerprint density at radius 3 is 3.20 bits per heavy atom. The molecule has 0 aliphatic carbocycles. The molecular weight excluding hydrogens is 272 g/mol. The van der Waals surface area contributed by atoms with Gasteiger partial charge in [0.2, 0.25) is 5.91 Å². The Labute approximate surface area is 121 Å². The molecule has 0 bridgehead atoms. The quantitative estimate of drug-likeness (QED) is 0.941. The van der Waals surface area contributed by atoms with Gasteiger partial charge in [-0.3, -0.25) is 9.78 Å². The van der Waals surface area contributed by atoms with Gasteiger partial charge >= 0.3 is 0 Å². The highest BCUT2D eigenvalue weighted by molar-refractivity contribution is 7.13. The van der Waals surface area contributed by atoms with Crippen LogP contribution >= 0.6 is 11.3 Å². The van der Waals surface area contributed by atoms with Crippen LogP contribution in [-0.2, 0) is 16.1 Å².